The molecule has 2 rings (SSSR count). The summed E-state index contributed by atoms with van der Waals surface area (Å²) in [6.07, 6.45) is -2.32. The lowest BCUT2D eigenvalue weighted by Crippen LogP contribution is -2.49. The van der Waals surface area contributed by atoms with Gasteiger partial charge >= 0.3 is 6.36 Å². The molecule has 1 amide bonds. The maximum atomic E-state index is 13.1. The first-order valence-electron chi connectivity index (χ1n) is 9.20. The minimum atomic E-state index is -5.01. The third-order valence-corrected chi connectivity index (χ3v) is 6.71. The van der Waals surface area contributed by atoms with Crippen molar-refractivity contribution in [1.29, 1.82) is 0 Å². The fourth-order valence-electron chi connectivity index (χ4n) is 3.16. The van der Waals surface area contributed by atoms with Crippen LogP contribution in [0.2, 0.25) is 0 Å². The Morgan fingerprint density at radius 2 is 1.96 bits per heavy atom. The van der Waals surface area contributed by atoms with Gasteiger partial charge in [-0.05, 0) is 38.3 Å². The summed E-state index contributed by atoms with van der Waals surface area (Å²) in [4.78, 5) is 11.8. The van der Waals surface area contributed by atoms with Crippen molar-refractivity contribution in [2.45, 2.75) is 56.8 Å². The molecule has 2 unspecified atom stereocenters. The van der Waals surface area contributed by atoms with E-state index in [4.69, 9.17) is 0 Å². The molecular formula is C18H25F3N2O4S. The van der Waals surface area contributed by atoms with Crippen LogP contribution in [0, 0.1) is 5.92 Å². The van der Waals surface area contributed by atoms with Crippen LogP contribution in [0.15, 0.2) is 29.2 Å². The largest absolute Gasteiger partial charge is 0.573 e. The predicted molar refractivity (Wildman–Crippen MR) is 97.1 cm³/mol. The number of nitrogens with zero attached hydrogens (tertiary/aromatic N) is 1. The van der Waals surface area contributed by atoms with Gasteiger partial charge in [-0.15, -0.1) is 13.2 Å². The van der Waals surface area contributed by atoms with Crippen LogP contribution in [0.4, 0.5) is 13.2 Å². The van der Waals surface area contributed by atoms with Crippen LogP contribution < -0.4 is 10.1 Å². The normalized spacial score (nSPS) is 21.3. The second kappa shape index (κ2) is 9.13. The second-order valence-electron chi connectivity index (χ2n) is 6.84. The van der Waals surface area contributed by atoms with Crippen LogP contribution in [-0.2, 0) is 14.8 Å². The number of unbranched alkanes of at least 4 members (excludes halogenated alkanes) is 1. The smallest absolute Gasteiger partial charge is 0.404 e. The number of alkyl halides is 3. The second-order valence-corrected chi connectivity index (χ2v) is 8.70. The first kappa shape index (κ1) is 22.5. The SMILES string of the molecule is CCCCNC(=O)C1CCC(C)N(S(=O)(=O)c2ccccc2OC(F)(F)F)C1. The number of sulfonamides is 1. The number of hydrogen-bond donors (Lipinski definition) is 1. The van der Waals surface area contributed by atoms with E-state index in [1.165, 1.54) is 12.1 Å². The number of benzene rings is 1. The lowest BCUT2D eigenvalue weighted by atomic mass is 9.94. The van der Waals surface area contributed by atoms with Crippen molar-refractivity contribution in [3.63, 3.8) is 0 Å². The maximum absolute atomic E-state index is 13.1. The highest BCUT2D eigenvalue weighted by Crippen LogP contribution is 2.34. The summed E-state index contributed by atoms with van der Waals surface area (Å²) in [6, 6.07) is 4.20. The van der Waals surface area contributed by atoms with E-state index in [1.54, 1.807) is 6.92 Å². The van der Waals surface area contributed by atoms with Crippen LogP contribution in [0.3, 0.4) is 0 Å². The van der Waals surface area contributed by atoms with E-state index in [0.29, 0.717) is 19.4 Å². The summed E-state index contributed by atoms with van der Waals surface area (Å²) in [5.41, 5.74) is 0. The van der Waals surface area contributed by atoms with E-state index in [-0.39, 0.29) is 12.5 Å². The topological polar surface area (TPSA) is 75.7 Å². The number of carbonyl (C=O) groups excluding carboxylic acids is 1. The zero-order valence-electron chi connectivity index (χ0n) is 15.8. The Bertz CT molecular complexity index is 783. The van der Waals surface area contributed by atoms with E-state index in [1.807, 2.05) is 6.92 Å². The molecule has 1 aromatic carbocycles. The molecule has 0 bridgehead atoms. The highest BCUT2D eigenvalue weighted by molar-refractivity contribution is 7.89. The number of piperidine rings is 1. The molecule has 28 heavy (non-hydrogen) atoms. The van der Waals surface area contributed by atoms with E-state index >= 15 is 0 Å². The molecule has 0 aromatic heterocycles. The Hall–Kier alpha value is -1.81. The van der Waals surface area contributed by atoms with Gasteiger partial charge in [-0.2, -0.15) is 4.31 Å². The van der Waals surface area contributed by atoms with Crippen LogP contribution in [-0.4, -0.2) is 44.1 Å². The zero-order valence-corrected chi connectivity index (χ0v) is 16.6. The van der Waals surface area contributed by atoms with Gasteiger partial charge in [0.15, 0.2) is 0 Å². The average Bonchev–Trinajstić information content (AvgIpc) is 2.61. The summed E-state index contributed by atoms with van der Waals surface area (Å²) in [6.45, 7) is 4.09. The van der Waals surface area contributed by atoms with E-state index < -0.39 is 39.0 Å². The minimum Gasteiger partial charge on any atom is -0.404 e. The molecule has 0 saturated carbocycles. The summed E-state index contributed by atoms with van der Waals surface area (Å²) < 4.78 is 69.1. The number of hydrogen-bond acceptors (Lipinski definition) is 4. The third kappa shape index (κ3) is 5.60. The number of carbonyl (C=O) groups is 1. The van der Waals surface area contributed by atoms with E-state index in [9.17, 15) is 26.4 Å². The van der Waals surface area contributed by atoms with E-state index in [0.717, 1.165) is 29.3 Å². The number of amides is 1. The standard InChI is InChI=1S/C18H25F3N2O4S/c1-3-4-11-22-17(24)14-10-9-13(2)23(12-14)28(25,26)16-8-6-5-7-15(16)27-18(19,20)21/h5-8,13-14H,3-4,9-12H2,1-2H3,(H,22,24). The molecule has 158 valence electrons. The van der Waals surface area contributed by atoms with Gasteiger partial charge in [-0.1, -0.05) is 25.5 Å². The Morgan fingerprint density at radius 1 is 1.29 bits per heavy atom. The van der Waals surface area contributed by atoms with Gasteiger partial charge < -0.3 is 10.1 Å². The fourth-order valence-corrected chi connectivity index (χ4v) is 4.98. The molecule has 1 saturated heterocycles. The number of para-hydroxylation sites is 1. The lowest BCUT2D eigenvalue weighted by Gasteiger charge is -2.36. The van der Waals surface area contributed by atoms with Crippen molar-refractivity contribution in [1.82, 2.24) is 9.62 Å². The van der Waals surface area contributed by atoms with Crippen LogP contribution in [0.25, 0.3) is 0 Å². The van der Waals surface area contributed by atoms with Crippen molar-refractivity contribution in [2.75, 3.05) is 13.1 Å². The Morgan fingerprint density at radius 3 is 2.61 bits per heavy atom. The molecule has 6 nitrogen and oxygen atoms in total. The number of rotatable bonds is 7. The van der Waals surface area contributed by atoms with Crippen LogP contribution in [0.5, 0.6) is 5.75 Å². The third-order valence-electron chi connectivity index (χ3n) is 4.69. The molecule has 1 aromatic rings. The molecule has 0 radical (unpaired) electrons. The summed E-state index contributed by atoms with van der Waals surface area (Å²) in [5, 5.41) is 2.79. The minimum absolute atomic E-state index is 0.0815. The molecule has 1 fully saturated rings. The molecular weight excluding hydrogens is 397 g/mol. The highest BCUT2D eigenvalue weighted by atomic mass is 32.2. The fraction of sp³-hybridized carbons (Fsp3) is 0.611. The molecule has 2 atom stereocenters. The zero-order chi connectivity index (χ0) is 20.9. The number of nitrogens with one attached hydrogen (secondary N) is 1. The van der Waals surface area contributed by atoms with Crippen molar-refractivity contribution in [3.8, 4) is 5.75 Å². The van der Waals surface area contributed by atoms with Crippen LogP contribution in [0.1, 0.15) is 39.5 Å². The summed E-state index contributed by atoms with van der Waals surface area (Å²) in [5.74, 6) is -1.56. The van der Waals surface area contributed by atoms with Gasteiger partial charge in [0, 0.05) is 19.1 Å². The molecule has 0 spiro atoms. The van der Waals surface area contributed by atoms with Crippen molar-refractivity contribution in [3.05, 3.63) is 24.3 Å². The quantitative estimate of drug-likeness (QED) is 0.685. The van der Waals surface area contributed by atoms with Crippen LogP contribution >= 0.6 is 0 Å². The van der Waals surface area contributed by atoms with Gasteiger partial charge in [0.1, 0.15) is 10.6 Å². The Kier molecular flexibility index (Phi) is 7.33. The first-order chi connectivity index (χ1) is 13.1. The van der Waals surface area contributed by atoms with Crippen molar-refractivity contribution < 1.29 is 31.1 Å². The van der Waals surface area contributed by atoms with Crippen molar-refractivity contribution in [2.24, 2.45) is 5.92 Å². The van der Waals surface area contributed by atoms with Gasteiger partial charge in [-0.3, -0.25) is 4.79 Å². The Labute approximate surface area is 163 Å². The first-order valence-corrected chi connectivity index (χ1v) is 10.6. The number of ether oxygens (including phenoxy) is 1. The molecule has 1 aliphatic heterocycles. The summed E-state index contributed by atoms with van der Waals surface area (Å²) in [7, 11) is -4.28. The van der Waals surface area contributed by atoms with Crippen molar-refractivity contribution >= 4 is 15.9 Å². The maximum Gasteiger partial charge on any atom is 0.573 e. The number of halogens is 3. The van der Waals surface area contributed by atoms with Gasteiger partial charge in [0.2, 0.25) is 15.9 Å². The molecule has 1 N–H and O–H groups in total. The van der Waals surface area contributed by atoms with Gasteiger partial charge in [0.25, 0.3) is 0 Å². The lowest BCUT2D eigenvalue weighted by molar-refractivity contribution is -0.275. The van der Waals surface area contributed by atoms with Gasteiger partial charge in [-0.25, -0.2) is 8.42 Å². The predicted octanol–water partition coefficient (Wildman–Crippen LogP) is 3.29. The average molecular weight is 422 g/mol. The monoisotopic (exact) mass is 422 g/mol. The molecule has 1 heterocycles. The van der Waals surface area contributed by atoms with E-state index in [2.05, 4.69) is 10.1 Å². The summed E-state index contributed by atoms with van der Waals surface area (Å²) >= 11 is 0. The highest BCUT2D eigenvalue weighted by Gasteiger charge is 2.40. The molecule has 1 aliphatic rings. The molecule has 10 heteroatoms. The van der Waals surface area contributed by atoms with Gasteiger partial charge in [0.05, 0.1) is 5.92 Å². The molecule has 0 aliphatic carbocycles. The Balaban J connectivity index is 2.25.